The Morgan fingerprint density at radius 3 is 2.11 bits per heavy atom. The first-order valence-electron chi connectivity index (χ1n) is 7.78. The number of rotatable bonds is 6. The van der Waals surface area contributed by atoms with Crippen molar-refractivity contribution in [2.45, 2.75) is 71.9 Å². The molecule has 1 rings (SSSR count). The van der Waals surface area contributed by atoms with Crippen molar-refractivity contribution in [2.75, 3.05) is 13.7 Å². The molecule has 108 valence electrons. The van der Waals surface area contributed by atoms with Gasteiger partial charge in [0.25, 0.3) is 0 Å². The molecule has 0 aromatic heterocycles. The maximum Gasteiger partial charge on any atom is 0.0806 e. The molecule has 18 heavy (non-hydrogen) atoms. The van der Waals surface area contributed by atoms with Gasteiger partial charge in [0.15, 0.2) is 0 Å². The fourth-order valence-corrected chi connectivity index (χ4v) is 4.06. The van der Waals surface area contributed by atoms with Crippen LogP contribution in [0, 0.1) is 17.8 Å². The smallest absolute Gasteiger partial charge is 0.0806 e. The second-order valence-corrected chi connectivity index (χ2v) is 6.54. The zero-order valence-electron chi connectivity index (χ0n) is 13.3. The van der Waals surface area contributed by atoms with E-state index in [0.29, 0.717) is 6.04 Å². The molecule has 0 aromatic carbocycles. The van der Waals surface area contributed by atoms with Gasteiger partial charge in [0.2, 0.25) is 0 Å². The van der Waals surface area contributed by atoms with Crippen LogP contribution in [0.2, 0.25) is 0 Å². The number of likely N-dealkylation sites (N-methyl/N-ethyl adjacent to an activating group) is 1. The highest BCUT2D eigenvalue weighted by molar-refractivity contribution is 4.95. The summed E-state index contributed by atoms with van der Waals surface area (Å²) in [6.45, 7) is 12.2. The van der Waals surface area contributed by atoms with Gasteiger partial charge in [-0.2, -0.15) is 0 Å². The van der Waals surface area contributed by atoms with Gasteiger partial charge in [-0.25, -0.2) is 0 Å². The van der Waals surface area contributed by atoms with Crippen LogP contribution in [0.1, 0.15) is 60.3 Å². The Morgan fingerprint density at radius 2 is 1.72 bits per heavy atom. The first-order chi connectivity index (χ1) is 8.46. The standard InChI is InChI=1S/C16H33NO/c1-7-16(5,18-8-2)15(17-6)14-10-12(3)9-13(4)11-14/h12-15,17H,7-11H2,1-6H3. The molecule has 4 unspecified atom stereocenters. The molecule has 0 radical (unpaired) electrons. The topological polar surface area (TPSA) is 21.3 Å². The van der Waals surface area contributed by atoms with Crippen molar-refractivity contribution in [3.05, 3.63) is 0 Å². The van der Waals surface area contributed by atoms with E-state index >= 15 is 0 Å². The van der Waals surface area contributed by atoms with Crippen LogP contribution in [0.4, 0.5) is 0 Å². The molecular weight excluding hydrogens is 222 g/mol. The molecule has 0 aromatic rings. The Labute approximate surface area is 114 Å². The van der Waals surface area contributed by atoms with E-state index in [1.54, 1.807) is 0 Å². The summed E-state index contributed by atoms with van der Waals surface area (Å²) in [5, 5.41) is 3.56. The van der Waals surface area contributed by atoms with Crippen molar-refractivity contribution in [3.8, 4) is 0 Å². The third-order valence-corrected chi connectivity index (χ3v) is 4.83. The lowest BCUT2D eigenvalue weighted by atomic mass is 9.70. The molecule has 0 saturated heterocycles. The van der Waals surface area contributed by atoms with E-state index in [9.17, 15) is 0 Å². The van der Waals surface area contributed by atoms with Crippen molar-refractivity contribution < 1.29 is 4.74 Å². The van der Waals surface area contributed by atoms with E-state index in [-0.39, 0.29) is 5.60 Å². The van der Waals surface area contributed by atoms with Gasteiger partial charge in [0.05, 0.1) is 5.60 Å². The molecule has 1 saturated carbocycles. The minimum absolute atomic E-state index is 0.0229. The average Bonchev–Trinajstić information content (AvgIpc) is 2.29. The summed E-state index contributed by atoms with van der Waals surface area (Å²) >= 11 is 0. The van der Waals surface area contributed by atoms with Crippen molar-refractivity contribution >= 4 is 0 Å². The molecule has 0 bridgehead atoms. The molecule has 0 spiro atoms. The van der Waals surface area contributed by atoms with Gasteiger partial charge < -0.3 is 10.1 Å². The van der Waals surface area contributed by atoms with Gasteiger partial charge in [0.1, 0.15) is 0 Å². The van der Waals surface area contributed by atoms with Crippen LogP contribution in [-0.4, -0.2) is 25.3 Å². The third-order valence-electron chi connectivity index (χ3n) is 4.83. The average molecular weight is 255 g/mol. The van der Waals surface area contributed by atoms with Crippen LogP contribution in [-0.2, 0) is 4.74 Å². The van der Waals surface area contributed by atoms with E-state index in [4.69, 9.17) is 4.74 Å². The molecule has 4 atom stereocenters. The lowest BCUT2D eigenvalue weighted by Crippen LogP contribution is -2.54. The van der Waals surface area contributed by atoms with E-state index in [1.807, 2.05) is 0 Å². The highest BCUT2D eigenvalue weighted by Crippen LogP contribution is 2.39. The normalized spacial score (nSPS) is 34.0. The fourth-order valence-electron chi connectivity index (χ4n) is 4.06. The Balaban J connectivity index is 2.80. The largest absolute Gasteiger partial charge is 0.374 e. The zero-order valence-corrected chi connectivity index (χ0v) is 13.3. The second kappa shape index (κ2) is 6.91. The number of hydrogen-bond acceptors (Lipinski definition) is 2. The van der Waals surface area contributed by atoms with Crippen LogP contribution >= 0.6 is 0 Å². The van der Waals surface area contributed by atoms with E-state index in [0.717, 1.165) is 30.8 Å². The SMILES string of the molecule is CCOC(C)(CC)C(NC)C1CC(C)CC(C)C1. The second-order valence-electron chi connectivity index (χ2n) is 6.54. The minimum Gasteiger partial charge on any atom is -0.374 e. The van der Waals surface area contributed by atoms with Crippen LogP contribution in [0.5, 0.6) is 0 Å². The van der Waals surface area contributed by atoms with Gasteiger partial charge >= 0.3 is 0 Å². The van der Waals surface area contributed by atoms with Gasteiger partial charge in [0, 0.05) is 12.6 Å². The van der Waals surface area contributed by atoms with E-state index in [1.165, 1.54) is 19.3 Å². The van der Waals surface area contributed by atoms with Gasteiger partial charge in [-0.3, -0.25) is 0 Å². The minimum atomic E-state index is -0.0229. The number of hydrogen-bond donors (Lipinski definition) is 1. The van der Waals surface area contributed by atoms with Crippen molar-refractivity contribution in [2.24, 2.45) is 17.8 Å². The monoisotopic (exact) mass is 255 g/mol. The van der Waals surface area contributed by atoms with Gasteiger partial charge in [-0.05, 0) is 64.3 Å². The maximum absolute atomic E-state index is 6.09. The molecule has 1 fully saturated rings. The highest BCUT2D eigenvalue weighted by atomic mass is 16.5. The molecule has 0 heterocycles. The van der Waals surface area contributed by atoms with Crippen LogP contribution in [0.25, 0.3) is 0 Å². The lowest BCUT2D eigenvalue weighted by Gasteiger charge is -2.45. The van der Waals surface area contributed by atoms with Gasteiger partial charge in [-0.15, -0.1) is 0 Å². The first-order valence-corrected chi connectivity index (χ1v) is 7.78. The summed E-state index contributed by atoms with van der Waals surface area (Å²) in [5.74, 6) is 2.47. The van der Waals surface area contributed by atoms with Crippen molar-refractivity contribution in [1.29, 1.82) is 0 Å². The molecule has 2 nitrogen and oxygen atoms in total. The third kappa shape index (κ3) is 3.71. The summed E-state index contributed by atoms with van der Waals surface area (Å²) in [6, 6.07) is 0.479. The predicted molar refractivity (Wildman–Crippen MR) is 78.8 cm³/mol. The molecule has 1 N–H and O–H groups in total. The van der Waals surface area contributed by atoms with Crippen LogP contribution in [0.15, 0.2) is 0 Å². The van der Waals surface area contributed by atoms with Crippen LogP contribution in [0.3, 0.4) is 0 Å². The Hall–Kier alpha value is -0.0800. The molecule has 0 amide bonds. The van der Waals surface area contributed by atoms with Crippen molar-refractivity contribution in [3.63, 3.8) is 0 Å². The van der Waals surface area contributed by atoms with Crippen LogP contribution < -0.4 is 5.32 Å². The molecule has 2 heteroatoms. The molecular formula is C16H33NO. The lowest BCUT2D eigenvalue weighted by molar-refractivity contribution is -0.0753. The summed E-state index contributed by atoms with van der Waals surface area (Å²) in [6.07, 6.45) is 5.16. The Kier molecular flexibility index (Phi) is 6.13. The maximum atomic E-state index is 6.09. The quantitative estimate of drug-likeness (QED) is 0.778. The number of nitrogens with one attached hydrogen (secondary N) is 1. The number of ether oxygens (including phenoxy) is 1. The summed E-state index contributed by atoms with van der Waals surface area (Å²) in [7, 11) is 2.10. The summed E-state index contributed by atoms with van der Waals surface area (Å²) < 4.78 is 6.09. The first kappa shape index (κ1) is 16.0. The fraction of sp³-hybridized carbons (Fsp3) is 1.00. The Bertz CT molecular complexity index is 233. The van der Waals surface area contributed by atoms with E-state index < -0.39 is 0 Å². The zero-order chi connectivity index (χ0) is 13.8. The van der Waals surface area contributed by atoms with Crippen molar-refractivity contribution in [1.82, 2.24) is 5.32 Å². The molecule has 1 aliphatic carbocycles. The highest BCUT2D eigenvalue weighted by Gasteiger charge is 2.40. The van der Waals surface area contributed by atoms with Gasteiger partial charge in [-0.1, -0.05) is 20.8 Å². The molecule has 1 aliphatic rings. The Morgan fingerprint density at radius 1 is 1.17 bits per heavy atom. The molecule has 0 aliphatic heterocycles. The summed E-state index contributed by atoms with van der Waals surface area (Å²) in [4.78, 5) is 0. The summed E-state index contributed by atoms with van der Waals surface area (Å²) in [5.41, 5.74) is -0.0229. The predicted octanol–water partition coefficient (Wildman–Crippen LogP) is 3.85. The van der Waals surface area contributed by atoms with E-state index in [2.05, 4.69) is 47.0 Å².